The number of nitrogens with zero attached hydrogens (tertiary/aromatic N) is 1. The van der Waals surface area contributed by atoms with Gasteiger partial charge in [-0.1, -0.05) is 41.5 Å². The van der Waals surface area contributed by atoms with Gasteiger partial charge in [-0.2, -0.15) is 0 Å². The van der Waals surface area contributed by atoms with Crippen LogP contribution in [-0.4, -0.2) is 25.0 Å². The average molecular weight is 436 g/mol. The number of carbonyl (C=O) groups is 1. The molecule has 0 radical (unpaired) electrons. The second-order valence-corrected chi connectivity index (χ2v) is 10.0. The molecular formula is C27H33NO4. The first-order valence-corrected chi connectivity index (χ1v) is 10.9. The van der Waals surface area contributed by atoms with Crippen molar-refractivity contribution in [2.75, 3.05) is 13.7 Å². The van der Waals surface area contributed by atoms with Gasteiger partial charge in [0.25, 0.3) is 0 Å². The number of ether oxygens (including phenoxy) is 2. The van der Waals surface area contributed by atoms with E-state index in [4.69, 9.17) is 18.9 Å². The molecule has 1 aromatic heterocycles. The molecule has 0 saturated carbocycles. The monoisotopic (exact) mass is 435 g/mol. The number of hydrogen-bond donors (Lipinski definition) is 0. The summed E-state index contributed by atoms with van der Waals surface area (Å²) in [7, 11) is 1.73. The lowest BCUT2D eigenvalue weighted by atomic mass is 9.78. The molecule has 0 amide bonds. The molecular weight excluding hydrogens is 402 g/mol. The summed E-state index contributed by atoms with van der Waals surface area (Å²) in [6, 6.07) is 11.3. The third-order valence-corrected chi connectivity index (χ3v) is 5.35. The van der Waals surface area contributed by atoms with E-state index in [2.05, 4.69) is 53.7 Å². The predicted octanol–water partition coefficient (Wildman–Crippen LogP) is 6.38. The minimum absolute atomic E-state index is 0.0932. The fourth-order valence-corrected chi connectivity index (χ4v) is 3.56. The van der Waals surface area contributed by atoms with Gasteiger partial charge >= 0.3 is 0 Å². The molecule has 0 spiro atoms. The van der Waals surface area contributed by atoms with Gasteiger partial charge in [0.1, 0.15) is 24.0 Å². The molecule has 170 valence electrons. The molecule has 32 heavy (non-hydrogen) atoms. The molecule has 0 unspecified atom stereocenters. The lowest BCUT2D eigenvalue weighted by molar-refractivity contribution is 0.112. The van der Waals surface area contributed by atoms with Gasteiger partial charge in [-0.15, -0.1) is 0 Å². The molecule has 3 rings (SSSR count). The Bertz CT molecular complexity index is 1030. The summed E-state index contributed by atoms with van der Waals surface area (Å²) in [4.78, 5) is 15.5. The van der Waals surface area contributed by atoms with Crippen molar-refractivity contribution in [3.63, 3.8) is 0 Å². The van der Waals surface area contributed by atoms with Crippen molar-refractivity contribution >= 4 is 6.29 Å². The van der Waals surface area contributed by atoms with E-state index in [1.807, 2.05) is 0 Å². The minimum atomic E-state index is -0.0932. The lowest BCUT2D eigenvalue weighted by Crippen LogP contribution is -2.19. The molecule has 0 N–H and O–H groups in total. The molecule has 0 atom stereocenters. The third-order valence-electron chi connectivity index (χ3n) is 5.35. The summed E-state index contributed by atoms with van der Waals surface area (Å²) in [5, 5.41) is 0. The van der Waals surface area contributed by atoms with Crippen molar-refractivity contribution in [1.29, 1.82) is 0 Å². The van der Waals surface area contributed by atoms with Crippen molar-refractivity contribution < 1.29 is 18.7 Å². The highest BCUT2D eigenvalue weighted by molar-refractivity contribution is 5.74. The molecule has 3 aromatic rings. The van der Waals surface area contributed by atoms with Crippen molar-refractivity contribution in [1.82, 2.24) is 4.98 Å². The highest BCUT2D eigenvalue weighted by Crippen LogP contribution is 2.42. The third kappa shape index (κ3) is 5.39. The Balaban J connectivity index is 1.83. The second-order valence-electron chi connectivity index (χ2n) is 10.0. The van der Waals surface area contributed by atoms with E-state index in [0.29, 0.717) is 24.5 Å². The lowest BCUT2D eigenvalue weighted by Gasteiger charge is -2.29. The maximum atomic E-state index is 10.8. The second kappa shape index (κ2) is 9.19. The van der Waals surface area contributed by atoms with Gasteiger partial charge in [-0.25, -0.2) is 4.98 Å². The number of aromatic nitrogens is 1. The Hall–Kier alpha value is -3.08. The number of rotatable bonds is 7. The molecule has 0 fully saturated rings. The first-order valence-electron chi connectivity index (χ1n) is 10.9. The van der Waals surface area contributed by atoms with Crippen LogP contribution in [0.5, 0.6) is 11.5 Å². The number of methoxy groups -OCH3 is 1. The first kappa shape index (κ1) is 23.6. The number of oxazole rings is 1. The van der Waals surface area contributed by atoms with Crippen LogP contribution in [0.4, 0.5) is 0 Å². The smallest absolute Gasteiger partial charge is 0.226 e. The number of hydrogen-bond acceptors (Lipinski definition) is 5. The summed E-state index contributed by atoms with van der Waals surface area (Å²) in [5.74, 6) is 2.24. The molecule has 0 aliphatic carbocycles. The summed E-state index contributed by atoms with van der Waals surface area (Å²) in [6.45, 7) is 13.6. The van der Waals surface area contributed by atoms with Gasteiger partial charge in [0.2, 0.25) is 5.89 Å². The normalized spacial score (nSPS) is 12.0. The quantitative estimate of drug-likeness (QED) is 0.403. The van der Waals surface area contributed by atoms with Crippen LogP contribution >= 0.6 is 0 Å². The van der Waals surface area contributed by atoms with E-state index in [1.54, 1.807) is 37.6 Å². The molecule has 5 heteroatoms. The molecule has 5 nitrogen and oxygen atoms in total. The van der Waals surface area contributed by atoms with Crippen LogP contribution in [0.25, 0.3) is 11.5 Å². The Morgan fingerprint density at radius 2 is 1.56 bits per heavy atom. The minimum Gasteiger partial charge on any atom is -0.496 e. The first-order chi connectivity index (χ1) is 15.0. The van der Waals surface area contributed by atoms with Crippen LogP contribution in [0.2, 0.25) is 0 Å². The van der Waals surface area contributed by atoms with Crippen LogP contribution in [-0.2, 0) is 17.3 Å². The standard InChI is InChI=1S/C27H33NO4/c1-26(2,3)22-14-19(15-23(24(22)30-7)27(4,5)6)25-28-20(17-32-25)12-13-31-21-10-8-18(16-29)9-11-21/h8-11,14-17H,12-13H2,1-7H3. The molecule has 0 bridgehead atoms. The van der Waals surface area contributed by atoms with E-state index in [-0.39, 0.29) is 10.8 Å². The van der Waals surface area contributed by atoms with Crippen LogP contribution in [0, 0.1) is 0 Å². The topological polar surface area (TPSA) is 61.6 Å². The summed E-state index contributed by atoms with van der Waals surface area (Å²) in [5.41, 5.74) is 4.47. The fourth-order valence-electron chi connectivity index (χ4n) is 3.56. The zero-order valence-corrected chi connectivity index (χ0v) is 20.1. The maximum absolute atomic E-state index is 10.8. The zero-order valence-electron chi connectivity index (χ0n) is 20.1. The summed E-state index contributed by atoms with van der Waals surface area (Å²) < 4.78 is 17.5. The molecule has 2 aromatic carbocycles. The molecule has 1 heterocycles. The van der Waals surface area contributed by atoms with Gasteiger partial charge < -0.3 is 13.9 Å². The predicted molar refractivity (Wildman–Crippen MR) is 127 cm³/mol. The van der Waals surface area contributed by atoms with Gasteiger partial charge in [0, 0.05) is 28.7 Å². The highest BCUT2D eigenvalue weighted by atomic mass is 16.5. The van der Waals surface area contributed by atoms with E-state index in [9.17, 15) is 4.79 Å². The summed E-state index contributed by atoms with van der Waals surface area (Å²) >= 11 is 0. The Morgan fingerprint density at radius 3 is 2.06 bits per heavy atom. The van der Waals surface area contributed by atoms with Crippen LogP contribution in [0.15, 0.2) is 47.1 Å². The van der Waals surface area contributed by atoms with Crippen LogP contribution in [0.3, 0.4) is 0 Å². The van der Waals surface area contributed by atoms with Crippen LogP contribution in [0.1, 0.15) is 68.7 Å². The van der Waals surface area contributed by atoms with Gasteiger partial charge in [0.15, 0.2) is 0 Å². The maximum Gasteiger partial charge on any atom is 0.226 e. The molecule has 0 aliphatic heterocycles. The summed E-state index contributed by atoms with van der Waals surface area (Å²) in [6.07, 6.45) is 3.12. The van der Waals surface area contributed by atoms with Crippen LogP contribution < -0.4 is 9.47 Å². The van der Waals surface area contributed by atoms with Gasteiger partial charge in [0.05, 0.1) is 19.4 Å². The van der Waals surface area contributed by atoms with E-state index in [1.165, 1.54) is 0 Å². The SMILES string of the molecule is COc1c(C(C)(C)C)cc(-c2nc(CCOc3ccc(C=O)cc3)co2)cc1C(C)(C)C. The van der Waals surface area contributed by atoms with Crippen molar-refractivity contribution in [3.05, 3.63) is 65.0 Å². The van der Waals surface area contributed by atoms with E-state index in [0.717, 1.165) is 40.2 Å². The Morgan fingerprint density at radius 1 is 0.969 bits per heavy atom. The zero-order chi connectivity index (χ0) is 23.5. The molecule has 0 aliphatic rings. The number of benzene rings is 2. The Kier molecular flexibility index (Phi) is 6.77. The highest BCUT2D eigenvalue weighted by Gasteiger charge is 2.28. The fraction of sp³-hybridized carbons (Fsp3) is 0.407. The van der Waals surface area contributed by atoms with Gasteiger partial charge in [-0.3, -0.25) is 4.79 Å². The number of aldehydes is 1. The largest absolute Gasteiger partial charge is 0.496 e. The van der Waals surface area contributed by atoms with Gasteiger partial charge in [-0.05, 0) is 47.2 Å². The van der Waals surface area contributed by atoms with E-state index >= 15 is 0 Å². The average Bonchev–Trinajstić information content (AvgIpc) is 3.21. The van der Waals surface area contributed by atoms with Crippen molar-refractivity contribution in [2.24, 2.45) is 0 Å². The van der Waals surface area contributed by atoms with Crippen molar-refractivity contribution in [2.45, 2.75) is 58.8 Å². The number of carbonyl (C=O) groups excluding carboxylic acids is 1. The molecule has 0 saturated heterocycles. The van der Waals surface area contributed by atoms with Crippen molar-refractivity contribution in [3.8, 4) is 23.0 Å². The van der Waals surface area contributed by atoms with E-state index < -0.39 is 0 Å². The Labute approximate surface area is 190 Å².